The number of aromatic amines is 1. The molecule has 102 valence electrons. The van der Waals surface area contributed by atoms with E-state index in [4.69, 9.17) is 0 Å². The fraction of sp³-hybridized carbons (Fsp3) is 0.600. The molecule has 0 fully saturated rings. The van der Waals surface area contributed by atoms with Gasteiger partial charge < -0.3 is 4.90 Å². The molecule has 0 saturated heterocycles. The summed E-state index contributed by atoms with van der Waals surface area (Å²) in [7, 11) is -4.85. The monoisotopic (exact) mass is 277 g/mol. The van der Waals surface area contributed by atoms with E-state index in [-0.39, 0.29) is 5.69 Å². The van der Waals surface area contributed by atoms with Gasteiger partial charge in [0.15, 0.2) is 10.7 Å². The normalized spacial score (nSPS) is 11.5. The molecule has 0 aliphatic carbocycles. The Bertz CT molecular complexity index is 506. The molecule has 0 radical (unpaired) electrons. The predicted molar refractivity (Wildman–Crippen MR) is 63.4 cm³/mol. The van der Waals surface area contributed by atoms with Crippen LogP contribution >= 0.6 is 0 Å². The lowest BCUT2D eigenvalue weighted by molar-refractivity contribution is 0.0749. The molecule has 0 atom stereocenters. The number of halogens is 1. The molecule has 1 heterocycles. The number of aromatic nitrogens is 2. The van der Waals surface area contributed by atoms with E-state index in [1.54, 1.807) is 4.90 Å². The van der Waals surface area contributed by atoms with Crippen molar-refractivity contribution >= 4 is 16.1 Å². The van der Waals surface area contributed by atoms with Crippen LogP contribution in [0.2, 0.25) is 0 Å². The van der Waals surface area contributed by atoms with Crippen LogP contribution in [0.5, 0.6) is 0 Å². The number of rotatable bonds is 6. The number of hydrogen-bond acceptors (Lipinski definition) is 4. The summed E-state index contributed by atoms with van der Waals surface area (Å²) in [4.78, 5) is 13.6. The Morgan fingerprint density at radius 2 is 1.94 bits per heavy atom. The molecule has 0 unspecified atom stereocenters. The zero-order valence-electron chi connectivity index (χ0n) is 10.3. The third kappa shape index (κ3) is 3.52. The molecule has 1 aromatic heterocycles. The lowest BCUT2D eigenvalue weighted by atomic mass is 10.3. The van der Waals surface area contributed by atoms with E-state index in [1.807, 2.05) is 18.9 Å². The number of hydrogen-bond donors (Lipinski definition) is 1. The van der Waals surface area contributed by atoms with Gasteiger partial charge in [0.1, 0.15) is 0 Å². The molecule has 0 spiro atoms. The quantitative estimate of drug-likeness (QED) is 0.795. The van der Waals surface area contributed by atoms with E-state index in [2.05, 4.69) is 5.10 Å². The molecular weight excluding hydrogens is 261 g/mol. The Morgan fingerprint density at radius 3 is 2.33 bits per heavy atom. The van der Waals surface area contributed by atoms with E-state index >= 15 is 0 Å². The Morgan fingerprint density at radius 1 is 1.39 bits per heavy atom. The van der Waals surface area contributed by atoms with Crippen LogP contribution in [0.1, 0.15) is 37.2 Å². The van der Waals surface area contributed by atoms with Crippen molar-refractivity contribution in [3.63, 3.8) is 0 Å². The van der Waals surface area contributed by atoms with Crippen molar-refractivity contribution in [3.8, 4) is 0 Å². The highest BCUT2D eigenvalue weighted by atomic mass is 32.3. The minimum absolute atomic E-state index is 0.0897. The topological polar surface area (TPSA) is 83.1 Å². The molecule has 1 aromatic rings. The zero-order chi connectivity index (χ0) is 13.8. The van der Waals surface area contributed by atoms with Crippen molar-refractivity contribution in [2.45, 2.75) is 31.7 Å². The number of carbonyl (C=O) groups excluding carboxylic acids is 1. The molecule has 8 heteroatoms. The number of amides is 1. The van der Waals surface area contributed by atoms with Crippen LogP contribution in [0, 0.1) is 0 Å². The molecule has 0 bridgehead atoms. The van der Waals surface area contributed by atoms with Crippen LogP contribution in [-0.2, 0) is 10.2 Å². The SMILES string of the molecule is CCCN(CCC)C(=O)c1cc(S(=O)(=O)F)[nH]n1. The second-order valence-corrected chi connectivity index (χ2v) is 5.16. The highest BCUT2D eigenvalue weighted by Gasteiger charge is 2.22. The lowest BCUT2D eigenvalue weighted by Crippen LogP contribution is -2.32. The Labute approximate surface area is 105 Å². The molecule has 18 heavy (non-hydrogen) atoms. The standard InChI is InChI=1S/C10H16FN3O3S/c1-3-5-14(6-4-2)10(15)8-7-9(13-12-8)18(11,16)17/h7H,3-6H2,1-2H3,(H,12,13). The van der Waals surface area contributed by atoms with Gasteiger partial charge in [-0.3, -0.25) is 9.89 Å². The number of nitrogens with zero attached hydrogens (tertiary/aromatic N) is 2. The first-order chi connectivity index (χ1) is 8.40. The summed E-state index contributed by atoms with van der Waals surface area (Å²) >= 11 is 0. The van der Waals surface area contributed by atoms with Gasteiger partial charge in [0.25, 0.3) is 5.91 Å². The summed E-state index contributed by atoms with van der Waals surface area (Å²) < 4.78 is 33.9. The van der Waals surface area contributed by atoms with Crippen molar-refractivity contribution in [3.05, 3.63) is 11.8 Å². The molecule has 0 saturated carbocycles. The summed E-state index contributed by atoms with van der Waals surface area (Å²) in [5.41, 5.74) is -0.0897. The van der Waals surface area contributed by atoms with Gasteiger partial charge in [-0.1, -0.05) is 17.7 Å². The third-order valence-corrected chi connectivity index (χ3v) is 3.04. The van der Waals surface area contributed by atoms with Crippen molar-refractivity contribution in [1.29, 1.82) is 0 Å². The maximum Gasteiger partial charge on any atom is 0.349 e. The molecule has 0 aromatic carbocycles. The first-order valence-electron chi connectivity index (χ1n) is 5.69. The fourth-order valence-corrected chi connectivity index (χ4v) is 1.96. The smallest absolute Gasteiger partial charge is 0.337 e. The van der Waals surface area contributed by atoms with Gasteiger partial charge in [0.2, 0.25) is 0 Å². The van der Waals surface area contributed by atoms with Crippen LogP contribution in [0.25, 0.3) is 0 Å². The average molecular weight is 277 g/mol. The first kappa shape index (κ1) is 14.6. The summed E-state index contributed by atoms with van der Waals surface area (Å²) in [6.07, 6.45) is 1.56. The maximum atomic E-state index is 12.7. The van der Waals surface area contributed by atoms with E-state index in [1.165, 1.54) is 0 Å². The minimum Gasteiger partial charge on any atom is -0.337 e. The largest absolute Gasteiger partial charge is 0.349 e. The highest BCUT2D eigenvalue weighted by Crippen LogP contribution is 2.12. The van der Waals surface area contributed by atoms with E-state index in [0.717, 1.165) is 18.9 Å². The highest BCUT2D eigenvalue weighted by molar-refractivity contribution is 7.86. The van der Waals surface area contributed by atoms with Crippen LogP contribution in [0.3, 0.4) is 0 Å². The van der Waals surface area contributed by atoms with Crippen molar-refractivity contribution in [1.82, 2.24) is 15.1 Å². The van der Waals surface area contributed by atoms with Gasteiger partial charge >= 0.3 is 10.2 Å². The Balaban J connectivity index is 2.92. The molecule has 1 rings (SSSR count). The van der Waals surface area contributed by atoms with E-state index in [0.29, 0.717) is 13.1 Å². The number of H-pyrrole nitrogens is 1. The Hall–Kier alpha value is -1.44. The van der Waals surface area contributed by atoms with Gasteiger partial charge in [-0.05, 0) is 12.8 Å². The van der Waals surface area contributed by atoms with Crippen LogP contribution in [0.15, 0.2) is 11.1 Å². The second kappa shape index (κ2) is 5.94. The van der Waals surface area contributed by atoms with Crippen LogP contribution < -0.4 is 0 Å². The van der Waals surface area contributed by atoms with E-state index in [9.17, 15) is 17.1 Å². The summed E-state index contributed by atoms with van der Waals surface area (Å²) in [6, 6.07) is 0.913. The van der Waals surface area contributed by atoms with Crippen molar-refractivity contribution in [2.24, 2.45) is 0 Å². The number of nitrogens with one attached hydrogen (secondary N) is 1. The minimum atomic E-state index is -4.85. The number of carbonyl (C=O) groups is 1. The van der Waals surface area contributed by atoms with Gasteiger partial charge in [-0.2, -0.15) is 13.5 Å². The summed E-state index contributed by atoms with van der Waals surface area (Å²) in [6.45, 7) is 4.96. The van der Waals surface area contributed by atoms with Gasteiger partial charge in [-0.15, -0.1) is 0 Å². The average Bonchev–Trinajstić information content (AvgIpc) is 2.76. The summed E-state index contributed by atoms with van der Waals surface area (Å²) in [5.74, 6) is -0.398. The lowest BCUT2D eigenvalue weighted by Gasteiger charge is -2.19. The second-order valence-electron chi connectivity index (χ2n) is 3.85. The van der Waals surface area contributed by atoms with Crippen LogP contribution in [-0.4, -0.2) is 42.5 Å². The van der Waals surface area contributed by atoms with Crippen molar-refractivity contribution < 1.29 is 17.1 Å². The third-order valence-electron chi connectivity index (χ3n) is 2.31. The molecule has 0 aliphatic rings. The fourth-order valence-electron chi connectivity index (χ4n) is 1.56. The predicted octanol–water partition coefficient (Wildman–Crippen LogP) is 1.33. The molecule has 1 amide bonds. The molecule has 1 N–H and O–H groups in total. The molecule has 6 nitrogen and oxygen atoms in total. The summed E-state index contributed by atoms with van der Waals surface area (Å²) in [5, 5.41) is 4.84. The van der Waals surface area contributed by atoms with E-state index < -0.39 is 21.2 Å². The molecular formula is C10H16FN3O3S. The Kier molecular flexibility index (Phi) is 4.83. The first-order valence-corrected chi connectivity index (χ1v) is 7.07. The van der Waals surface area contributed by atoms with Gasteiger partial charge in [0.05, 0.1) is 0 Å². The van der Waals surface area contributed by atoms with Gasteiger partial charge in [0, 0.05) is 19.2 Å². The maximum absolute atomic E-state index is 12.7. The molecule has 0 aliphatic heterocycles. The zero-order valence-corrected chi connectivity index (χ0v) is 11.1. The van der Waals surface area contributed by atoms with Crippen LogP contribution in [0.4, 0.5) is 3.89 Å². The van der Waals surface area contributed by atoms with Crippen molar-refractivity contribution in [2.75, 3.05) is 13.1 Å². The van der Waals surface area contributed by atoms with Gasteiger partial charge in [-0.25, -0.2) is 0 Å².